The number of alkyl halides is 1. The summed E-state index contributed by atoms with van der Waals surface area (Å²) in [6.45, 7) is 12.8. The maximum atomic E-state index is 16.0. The molecule has 5 atom stereocenters. The summed E-state index contributed by atoms with van der Waals surface area (Å²) in [5, 5.41) is 17.2. The van der Waals surface area contributed by atoms with Gasteiger partial charge in [0.1, 0.15) is 48.4 Å². The summed E-state index contributed by atoms with van der Waals surface area (Å²) >= 11 is 1.56. The second-order valence-electron chi connectivity index (χ2n) is 19.8. The van der Waals surface area contributed by atoms with Gasteiger partial charge in [-0.05, 0) is 62.3 Å². The second kappa shape index (κ2) is 22.8. The quantitative estimate of drug-likeness (QED) is 0.0553. The van der Waals surface area contributed by atoms with Crippen LogP contribution in [0.4, 0.5) is 13.2 Å². The molecule has 3 aromatic carbocycles. The molecular weight excluding hydrogens is 926 g/mol. The minimum absolute atomic E-state index is 0.00498. The minimum atomic E-state index is -1.61. The van der Waals surface area contributed by atoms with Gasteiger partial charge in [0.05, 0.1) is 61.3 Å². The molecule has 4 N–H and O–H groups in total. The average Bonchev–Trinajstić information content (AvgIpc) is 4.02. The van der Waals surface area contributed by atoms with Crippen molar-refractivity contribution in [2.45, 2.75) is 104 Å². The number of rotatable bonds is 21. The number of halogens is 3. The number of hydrogen-bond donors (Lipinski definition) is 4. The summed E-state index contributed by atoms with van der Waals surface area (Å²) in [6.07, 6.45) is -0.227. The Labute approximate surface area is 411 Å². The summed E-state index contributed by atoms with van der Waals surface area (Å²) in [6, 6.07) is 14.8. The number of fused-ring (bicyclic) bond motifs is 3. The summed E-state index contributed by atoms with van der Waals surface area (Å²) in [4.78, 5) is 52.3. The first-order chi connectivity index (χ1) is 33.3. The first-order valence-electron chi connectivity index (χ1n) is 23.7. The molecule has 70 heavy (non-hydrogen) atoms. The zero-order valence-electron chi connectivity index (χ0n) is 40.9. The number of aliphatic hydroxyl groups excluding tert-OH is 1. The molecule has 0 bridgehead atoms. The van der Waals surface area contributed by atoms with Crippen molar-refractivity contribution in [1.82, 2.24) is 30.4 Å². The number of likely N-dealkylation sites (tertiary alicyclic amines) is 1. The fourth-order valence-electron chi connectivity index (χ4n) is 9.21. The molecule has 0 radical (unpaired) electrons. The molecule has 3 amide bonds. The largest absolute Gasteiger partial charge is 0.491 e. The lowest BCUT2D eigenvalue weighted by molar-refractivity contribution is -0.144. The number of β-amino-alcohol motifs (C(OH)–C–C–N with tert-alkyl or cyclic N) is 1. The van der Waals surface area contributed by atoms with Crippen molar-refractivity contribution in [3.63, 3.8) is 0 Å². The molecular formula is C52H65F3N6O8S. The van der Waals surface area contributed by atoms with E-state index in [1.165, 1.54) is 18.7 Å². The Morgan fingerprint density at radius 3 is 2.24 bits per heavy atom. The van der Waals surface area contributed by atoms with Gasteiger partial charge in [-0.25, -0.2) is 18.2 Å². The van der Waals surface area contributed by atoms with Gasteiger partial charge in [-0.2, -0.15) is 0 Å². The number of para-hydroxylation sites is 1. The SMILES string of the molecule is Cc1ncsc1-c1ccc(CNC(=O)[C@@H]2C[C@@H](O)CN2C(=O)[C@@H](NC(=O)COCCOCCOCCOc2cc(F)c([C@@H]3c4[nH]c5ccccc5c4C[C@@H](C)N3CC(C)(C)F)c(F)c2)C(C)(C)C)cc1. The number of nitrogens with one attached hydrogen (secondary N) is 3. The number of ether oxygens (including phenoxy) is 4. The van der Waals surface area contributed by atoms with Gasteiger partial charge in [-0.3, -0.25) is 19.3 Å². The third-order valence-electron chi connectivity index (χ3n) is 12.6. The van der Waals surface area contributed by atoms with Crippen molar-refractivity contribution in [2.24, 2.45) is 5.41 Å². The van der Waals surface area contributed by atoms with E-state index in [1.807, 2.05) is 67.3 Å². The van der Waals surface area contributed by atoms with Crippen molar-refractivity contribution in [3.8, 4) is 16.2 Å². The number of aromatic amines is 1. The Kier molecular flexibility index (Phi) is 17.1. The summed E-state index contributed by atoms with van der Waals surface area (Å²) in [7, 11) is 0. The summed E-state index contributed by atoms with van der Waals surface area (Å²) in [5.41, 5.74) is 4.60. The Balaban J connectivity index is 0.808. The Morgan fingerprint density at radius 1 is 0.943 bits per heavy atom. The van der Waals surface area contributed by atoms with E-state index in [0.29, 0.717) is 12.1 Å². The fourth-order valence-corrected chi connectivity index (χ4v) is 10.0. The number of aryl methyl sites for hydroxylation is 1. The van der Waals surface area contributed by atoms with Gasteiger partial charge in [-0.15, -0.1) is 11.3 Å². The van der Waals surface area contributed by atoms with E-state index < -0.39 is 64.7 Å². The van der Waals surface area contributed by atoms with E-state index in [9.17, 15) is 19.5 Å². The van der Waals surface area contributed by atoms with Gasteiger partial charge in [0.15, 0.2) is 0 Å². The monoisotopic (exact) mass is 990 g/mol. The van der Waals surface area contributed by atoms with Gasteiger partial charge in [-0.1, -0.05) is 63.2 Å². The molecule has 0 aliphatic carbocycles. The van der Waals surface area contributed by atoms with Crippen LogP contribution in [0.2, 0.25) is 0 Å². The van der Waals surface area contributed by atoms with E-state index >= 15 is 13.2 Å². The maximum Gasteiger partial charge on any atom is 0.246 e. The number of aromatic nitrogens is 2. The average molecular weight is 991 g/mol. The molecule has 14 nitrogen and oxygen atoms in total. The van der Waals surface area contributed by atoms with E-state index in [1.54, 1.807) is 37.6 Å². The van der Waals surface area contributed by atoms with E-state index in [-0.39, 0.29) is 89.7 Å². The molecule has 2 aliphatic rings. The molecule has 1 saturated heterocycles. The zero-order valence-corrected chi connectivity index (χ0v) is 41.7. The Morgan fingerprint density at radius 2 is 1.60 bits per heavy atom. The zero-order chi connectivity index (χ0) is 50.3. The normalized spacial score (nSPS) is 19.0. The topological polar surface area (TPSA) is 168 Å². The lowest BCUT2D eigenvalue weighted by atomic mass is 9.85. The highest BCUT2D eigenvalue weighted by molar-refractivity contribution is 7.13. The van der Waals surface area contributed by atoms with Crippen LogP contribution in [-0.2, 0) is 41.6 Å². The van der Waals surface area contributed by atoms with Crippen LogP contribution >= 0.6 is 11.3 Å². The number of carbonyl (C=O) groups excluding carboxylic acids is 3. The molecule has 0 spiro atoms. The standard InChI is InChI=1S/C52H65F3N6O8S/c1-31-22-38-37-10-8-9-11-41(37)58-45(38)46(61(31)29-52(6,7)55)44-39(53)24-36(25-40(44)54)69-21-20-67-17-16-66-18-19-68-28-43(63)59-48(51(3,4)5)50(65)60-27-35(62)23-42(60)49(64)56-26-33-12-14-34(15-13-33)47-32(2)57-30-70-47/h8-15,24-25,30-31,35,42,46,48,58,62H,16-23,26-29H2,1-7H3,(H,56,64)(H,59,63)/t31-,35-,42+,46-,48-/m1/s1. The first kappa shape index (κ1) is 52.5. The molecule has 18 heteroatoms. The summed E-state index contributed by atoms with van der Waals surface area (Å²) < 4.78 is 69.4. The fraction of sp³-hybridized carbons (Fsp3) is 0.500. The number of benzene rings is 3. The van der Waals surface area contributed by atoms with Crippen LogP contribution in [0.5, 0.6) is 5.75 Å². The lowest BCUT2D eigenvalue weighted by Gasteiger charge is -2.43. The molecule has 2 aliphatic heterocycles. The van der Waals surface area contributed by atoms with Crippen LogP contribution in [0.25, 0.3) is 21.3 Å². The van der Waals surface area contributed by atoms with E-state index in [4.69, 9.17) is 18.9 Å². The van der Waals surface area contributed by atoms with E-state index in [0.717, 1.165) is 50.3 Å². The van der Waals surface area contributed by atoms with Crippen molar-refractivity contribution >= 4 is 40.0 Å². The number of hydrogen-bond acceptors (Lipinski definition) is 11. The van der Waals surface area contributed by atoms with Crippen molar-refractivity contribution in [1.29, 1.82) is 0 Å². The Hall–Kier alpha value is -5.37. The van der Waals surface area contributed by atoms with Crippen LogP contribution in [0, 0.1) is 24.0 Å². The predicted octanol–water partition coefficient (Wildman–Crippen LogP) is 7.20. The predicted molar refractivity (Wildman–Crippen MR) is 261 cm³/mol. The highest BCUT2D eigenvalue weighted by atomic mass is 32.1. The highest BCUT2D eigenvalue weighted by Gasteiger charge is 2.45. The van der Waals surface area contributed by atoms with Crippen LogP contribution < -0.4 is 15.4 Å². The number of carbonyl (C=O) groups is 3. The summed E-state index contributed by atoms with van der Waals surface area (Å²) in [5.74, 6) is -3.01. The molecule has 0 saturated carbocycles. The minimum Gasteiger partial charge on any atom is -0.491 e. The highest BCUT2D eigenvalue weighted by Crippen LogP contribution is 2.44. The number of H-pyrrole nitrogens is 1. The van der Waals surface area contributed by atoms with Gasteiger partial charge >= 0.3 is 0 Å². The molecule has 7 rings (SSSR count). The van der Waals surface area contributed by atoms with Crippen molar-refractivity contribution in [3.05, 3.63) is 106 Å². The van der Waals surface area contributed by atoms with Gasteiger partial charge < -0.3 is 44.6 Å². The maximum absolute atomic E-state index is 16.0. The van der Waals surface area contributed by atoms with Gasteiger partial charge in [0.2, 0.25) is 17.7 Å². The molecule has 0 unspecified atom stereocenters. The molecule has 2 aromatic heterocycles. The number of amides is 3. The third-order valence-corrected chi connectivity index (χ3v) is 13.6. The van der Waals surface area contributed by atoms with Crippen LogP contribution in [0.1, 0.15) is 82.1 Å². The first-order valence-corrected chi connectivity index (χ1v) is 24.6. The van der Waals surface area contributed by atoms with Crippen LogP contribution in [0.3, 0.4) is 0 Å². The smallest absolute Gasteiger partial charge is 0.246 e. The van der Waals surface area contributed by atoms with Crippen LogP contribution in [-0.4, -0.2) is 132 Å². The molecule has 5 aromatic rings. The van der Waals surface area contributed by atoms with Gasteiger partial charge in [0.25, 0.3) is 0 Å². The number of nitrogens with zero attached hydrogens (tertiary/aromatic N) is 3. The molecule has 1 fully saturated rings. The van der Waals surface area contributed by atoms with Crippen molar-refractivity contribution < 1.29 is 51.6 Å². The number of aliphatic hydroxyl groups is 1. The third kappa shape index (κ3) is 12.9. The second-order valence-corrected chi connectivity index (χ2v) is 20.6. The Bertz CT molecular complexity index is 2570. The molecule has 378 valence electrons. The lowest BCUT2D eigenvalue weighted by Crippen LogP contribution is -2.58. The number of thiazole rings is 1. The van der Waals surface area contributed by atoms with Crippen molar-refractivity contribution in [2.75, 3.05) is 59.3 Å². The van der Waals surface area contributed by atoms with Crippen LogP contribution in [0.15, 0.2) is 66.2 Å². The van der Waals surface area contributed by atoms with E-state index in [2.05, 4.69) is 20.6 Å². The van der Waals surface area contributed by atoms with Gasteiger partial charge in [0, 0.05) is 66.4 Å². The molecule has 4 heterocycles.